The number of carbonyl (C=O) groups excluding carboxylic acids is 2. The van der Waals surface area contributed by atoms with Crippen LogP contribution in [0.4, 0.5) is 18.0 Å². The first-order valence-corrected chi connectivity index (χ1v) is 8.98. The molecule has 1 fully saturated rings. The third kappa shape index (κ3) is 3.22. The highest BCUT2D eigenvalue weighted by Crippen LogP contribution is 2.45. The van der Waals surface area contributed by atoms with Crippen LogP contribution in [0.5, 0.6) is 11.5 Å². The van der Waals surface area contributed by atoms with Gasteiger partial charge in [0.15, 0.2) is 17.3 Å². The van der Waals surface area contributed by atoms with E-state index in [0.29, 0.717) is 5.75 Å². The van der Waals surface area contributed by atoms with Crippen LogP contribution in [0.3, 0.4) is 0 Å². The quantitative estimate of drug-likeness (QED) is 0.661. The second-order valence-electron chi connectivity index (χ2n) is 7.16. The summed E-state index contributed by atoms with van der Waals surface area (Å²) in [5, 5.41) is 14.4. The first-order chi connectivity index (χ1) is 14.1. The fourth-order valence-electron chi connectivity index (χ4n) is 3.62. The Hall–Kier alpha value is -3.27. The molecule has 3 N–H and O–H groups in total. The minimum Gasteiger partial charge on any atom is -0.454 e. The lowest BCUT2D eigenvalue weighted by molar-refractivity contribution is -0.287. The zero-order valence-electron chi connectivity index (χ0n) is 15.6. The summed E-state index contributed by atoms with van der Waals surface area (Å²) < 4.78 is 52.2. The minimum atomic E-state index is -5.32. The Morgan fingerprint density at radius 2 is 1.80 bits per heavy atom. The summed E-state index contributed by atoms with van der Waals surface area (Å²) in [6.45, 7) is 1.70. The standard InChI is InChI=1S/C20H17F3N2O5/c1-10-2-4-11(5-3-10)17(26)15-16(12-6-7-13-14(8-12)30-9-29-13)24-18(27)25-19(15,28)20(21,22)23/h2-8,15-16,28H,9H2,1H3,(H2,24,25,27)/t15-,16-,19+/m1/s1. The van der Waals surface area contributed by atoms with Crippen molar-refractivity contribution in [3.8, 4) is 11.5 Å². The normalized spacial score (nSPS) is 25.4. The summed E-state index contributed by atoms with van der Waals surface area (Å²) in [4.78, 5) is 25.2. The van der Waals surface area contributed by atoms with E-state index < -0.39 is 35.7 Å². The van der Waals surface area contributed by atoms with E-state index in [-0.39, 0.29) is 23.7 Å². The van der Waals surface area contributed by atoms with Gasteiger partial charge >= 0.3 is 12.2 Å². The molecule has 158 valence electrons. The Kier molecular flexibility index (Phi) is 4.61. The molecular weight excluding hydrogens is 405 g/mol. The predicted molar refractivity (Wildman–Crippen MR) is 97.0 cm³/mol. The lowest BCUT2D eigenvalue weighted by Crippen LogP contribution is -2.72. The smallest absolute Gasteiger partial charge is 0.437 e. The van der Waals surface area contributed by atoms with E-state index in [1.54, 1.807) is 19.1 Å². The van der Waals surface area contributed by atoms with Crippen molar-refractivity contribution in [1.82, 2.24) is 10.6 Å². The largest absolute Gasteiger partial charge is 0.454 e. The Bertz CT molecular complexity index is 1010. The number of Topliss-reactive ketones (excluding diaryl/α,β-unsaturated/α-hetero) is 1. The van der Waals surface area contributed by atoms with Gasteiger partial charge < -0.3 is 25.2 Å². The van der Waals surface area contributed by atoms with Gasteiger partial charge in [-0.2, -0.15) is 13.2 Å². The zero-order chi connectivity index (χ0) is 21.7. The van der Waals surface area contributed by atoms with Crippen LogP contribution in [0.25, 0.3) is 0 Å². The molecule has 0 aromatic heterocycles. The number of amides is 2. The molecule has 1 saturated heterocycles. The molecule has 2 amide bonds. The van der Waals surface area contributed by atoms with Gasteiger partial charge in [-0.15, -0.1) is 0 Å². The topological polar surface area (TPSA) is 96.9 Å². The van der Waals surface area contributed by atoms with Crippen LogP contribution in [-0.4, -0.2) is 35.6 Å². The number of halogens is 3. The lowest BCUT2D eigenvalue weighted by Gasteiger charge is -2.45. The number of hydrogen-bond acceptors (Lipinski definition) is 5. The highest BCUT2D eigenvalue weighted by Gasteiger charge is 2.66. The Labute approximate surface area is 168 Å². The summed E-state index contributed by atoms with van der Waals surface area (Å²) in [7, 11) is 0. The molecule has 2 heterocycles. The van der Waals surface area contributed by atoms with Gasteiger partial charge in [-0.25, -0.2) is 4.79 Å². The van der Waals surface area contributed by atoms with Crippen molar-refractivity contribution in [2.24, 2.45) is 5.92 Å². The van der Waals surface area contributed by atoms with Crippen molar-refractivity contribution in [3.05, 3.63) is 59.2 Å². The number of carbonyl (C=O) groups is 2. The van der Waals surface area contributed by atoms with Crippen LogP contribution < -0.4 is 20.1 Å². The van der Waals surface area contributed by atoms with Gasteiger partial charge in [0.25, 0.3) is 0 Å². The van der Waals surface area contributed by atoms with Gasteiger partial charge in [0.05, 0.1) is 6.04 Å². The van der Waals surface area contributed by atoms with Crippen molar-refractivity contribution >= 4 is 11.8 Å². The Morgan fingerprint density at radius 1 is 1.13 bits per heavy atom. The number of hydrogen-bond donors (Lipinski definition) is 3. The van der Waals surface area contributed by atoms with Gasteiger partial charge in [-0.1, -0.05) is 35.9 Å². The number of nitrogens with one attached hydrogen (secondary N) is 2. The second kappa shape index (κ2) is 6.91. The third-order valence-corrected chi connectivity index (χ3v) is 5.18. The molecule has 2 aromatic rings. The number of aliphatic hydroxyl groups is 1. The van der Waals surface area contributed by atoms with Gasteiger partial charge in [0.1, 0.15) is 5.92 Å². The van der Waals surface area contributed by atoms with E-state index in [4.69, 9.17) is 9.47 Å². The molecule has 3 atom stereocenters. The van der Waals surface area contributed by atoms with Crippen molar-refractivity contribution in [2.75, 3.05) is 6.79 Å². The number of alkyl halides is 3. The average Bonchev–Trinajstić information content (AvgIpc) is 3.14. The van der Waals surface area contributed by atoms with Crippen LogP contribution in [0.1, 0.15) is 27.5 Å². The number of urea groups is 1. The van der Waals surface area contributed by atoms with Crippen LogP contribution in [0.2, 0.25) is 0 Å². The molecule has 0 radical (unpaired) electrons. The predicted octanol–water partition coefficient (Wildman–Crippen LogP) is 2.83. The number of rotatable bonds is 3. The summed E-state index contributed by atoms with van der Waals surface area (Å²) in [6, 6.07) is 7.42. The lowest BCUT2D eigenvalue weighted by atomic mass is 9.77. The van der Waals surface area contributed by atoms with E-state index in [0.717, 1.165) is 5.56 Å². The van der Waals surface area contributed by atoms with Crippen molar-refractivity contribution < 1.29 is 37.3 Å². The van der Waals surface area contributed by atoms with E-state index in [9.17, 15) is 27.9 Å². The van der Waals surface area contributed by atoms with Gasteiger partial charge in [-0.05, 0) is 24.6 Å². The molecule has 7 nitrogen and oxygen atoms in total. The average molecular weight is 422 g/mol. The molecular formula is C20H17F3N2O5. The van der Waals surface area contributed by atoms with Crippen molar-refractivity contribution in [1.29, 1.82) is 0 Å². The van der Waals surface area contributed by atoms with E-state index in [2.05, 4.69) is 5.32 Å². The molecule has 10 heteroatoms. The highest BCUT2D eigenvalue weighted by molar-refractivity contribution is 6.00. The molecule has 2 aliphatic heterocycles. The number of aryl methyl sites for hydroxylation is 1. The molecule has 2 aromatic carbocycles. The number of benzene rings is 2. The van der Waals surface area contributed by atoms with Crippen LogP contribution in [0.15, 0.2) is 42.5 Å². The molecule has 30 heavy (non-hydrogen) atoms. The SMILES string of the molecule is Cc1ccc(C(=O)[C@H]2[C@@H](c3ccc4c(c3)OCO4)NC(=O)N[C@@]2(O)C(F)(F)F)cc1. The summed E-state index contributed by atoms with van der Waals surface area (Å²) >= 11 is 0. The summed E-state index contributed by atoms with van der Waals surface area (Å²) in [5.74, 6) is -2.44. The molecule has 0 spiro atoms. The Balaban J connectivity index is 1.84. The minimum absolute atomic E-state index is 0.0306. The summed E-state index contributed by atoms with van der Waals surface area (Å²) in [5.41, 5.74) is -2.85. The maximum absolute atomic E-state index is 13.9. The van der Waals surface area contributed by atoms with Crippen molar-refractivity contribution in [2.45, 2.75) is 24.9 Å². The summed E-state index contributed by atoms with van der Waals surface area (Å²) in [6.07, 6.45) is -5.32. The molecule has 0 bridgehead atoms. The Morgan fingerprint density at radius 3 is 2.47 bits per heavy atom. The fourth-order valence-corrected chi connectivity index (χ4v) is 3.62. The zero-order valence-corrected chi connectivity index (χ0v) is 15.6. The number of ether oxygens (including phenoxy) is 2. The monoisotopic (exact) mass is 422 g/mol. The fraction of sp³-hybridized carbons (Fsp3) is 0.300. The maximum atomic E-state index is 13.9. The maximum Gasteiger partial charge on any atom is 0.437 e. The van der Waals surface area contributed by atoms with E-state index in [1.165, 1.54) is 35.6 Å². The third-order valence-electron chi connectivity index (χ3n) is 5.18. The van der Waals surface area contributed by atoms with Gasteiger partial charge in [0, 0.05) is 5.56 Å². The van der Waals surface area contributed by atoms with Crippen LogP contribution >= 0.6 is 0 Å². The first kappa shape index (κ1) is 20.0. The number of ketones is 1. The van der Waals surface area contributed by atoms with E-state index >= 15 is 0 Å². The first-order valence-electron chi connectivity index (χ1n) is 8.98. The van der Waals surface area contributed by atoms with E-state index in [1.807, 2.05) is 0 Å². The van der Waals surface area contributed by atoms with Crippen LogP contribution in [0, 0.1) is 12.8 Å². The molecule has 0 unspecified atom stereocenters. The molecule has 2 aliphatic rings. The van der Waals surface area contributed by atoms with Crippen LogP contribution in [-0.2, 0) is 0 Å². The van der Waals surface area contributed by atoms with Crippen molar-refractivity contribution in [3.63, 3.8) is 0 Å². The number of fused-ring (bicyclic) bond motifs is 1. The van der Waals surface area contributed by atoms with Gasteiger partial charge in [0.2, 0.25) is 12.5 Å². The highest BCUT2D eigenvalue weighted by atomic mass is 19.4. The second-order valence-corrected chi connectivity index (χ2v) is 7.16. The molecule has 0 aliphatic carbocycles. The molecule has 0 saturated carbocycles. The molecule has 4 rings (SSSR count). The van der Waals surface area contributed by atoms with Gasteiger partial charge in [-0.3, -0.25) is 4.79 Å².